The first-order valence-corrected chi connectivity index (χ1v) is 10.9. The number of benzene rings is 2. The minimum absolute atomic E-state index is 0.813. The zero-order chi connectivity index (χ0) is 20.9. The van der Waals surface area contributed by atoms with Crippen LogP contribution in [-0.4, -0.2) is 41.6 Å². The number of rotatable bonds is 9. The largest absolute Gasteiger partial charge is 0.339 e. The predicted molar refractivity (Wildman–Crippen MR) is 127 cm³/mol. The van der Waals surface area contributed by atoms with Gasteiger partial charge in [0.1, 0.15) is 0 Å². The minimum atomic E-state index is 0.813. The van der Waals surface area contributed by atoms with Gasteiger partial charge in [-0.3, -0.25) is 4.98 Å². The van der Waals surface area contributed by atoms with E-state index in [2.05, 4.69) is 96.5 Å². The van der Waals surface area contributed by atoms with Crippen molar-refractivity contribution >= 4 is 21.8 Å². The fourth-order valence-electron chi connectivity index (χ4n) is 4.28. The van der Waals surface area contributed by atoms with E-state index in [0.717, 1.165) is 50.4 Å². The zero-order valence-electron chi connectivity index (χ0n) is 18.4. The highest BCUT2D eigenvalue weighted by Gasteiger charge is 2.14. The van der Waals surface area contributed by atoms with Crippen LogP contribution in [-0.2, 0) is 19.5 Å². The van der Waals surface area contributed by atoms with Crippen LogP contribution in [0.1, 0.15) is 23.4 Å². The molecular formula is C26H32N4. The number of nitrogens with one attached hydrogen (secondary N) is 1. The maximum absolute atomic E-state index is 4.95. The summed E-state index contributed by atoms with van der Waals surface area (Å²) in [6, 6.07) is 21.8. The van der Waals surface area contributed by atoms with Crippen LogP contribution in [0.5, 0.6) is 0 Å². The van der Waals surface area contributed by atoms with Gasteiger partial charge in [0.15, 0.2) is 0 Å². The lowest BCUT2D eigenvalue weighted by Crippen LogP contribution is -2.21. The molecule has 0 spiro atoms. The third-order valence-corrected chi connectivity index (χ3v) is 5.71. The second-order valence-corrected chi connectivity index (χ2v) is 8.33. The Bertz CT molecular complexity index is 1110. The van der Waals surface area contributed by atoms with E-state index < -0.39 is 0 Å². The van der Waals surface area contributed by atoms with E-state index >= 15 is 0 Å². The molecule has 0 atom stereocenters. The third kappa shape index (κ3) is 4.55. The second-order valence-electron chi connectivity index (χ2n) is 8.33. The van der Waals surface area contributed by atoms with Gasteiger partial charge in [-0.15, -0.1) is 0 Å². The van der Waals surface area contributed by atoms with Gasteiger partial charge in [-0.25, -0.2) is 0 Å². The van der Waals surface area contributed by atoms with Crippen molar-refractivity contribution in [2.45, 2.75) is 32.9 Å². The third-order valence-electron chi connectivity index (χ3n) is 5.71. The Morgan fingerprint density at radius 2 is 1.73 bits per heavy atom. The molecule has 0 bridgehead atoms. The van der Waals surface area contributed by atoms with E-state index in [4.69, 9.17) is 4.98 Å². The summed E-state index contributed by atoms with van der Waals surface area (Å²) in [7, 11) is 4.23. The van der Waals surface area contributed by atoms with Crippen LogP contribution in [0.25, 0.3) is 21.8 Å². The van der Waals surface area contributed by atoms with Crippen molar-refractivity contribution in [2.75, 3.05) is 27.2 Å². The smallest absolute Gasteiger partial charge is 0.0707 e. The number of pyridine rings is 1. The predicted octanol–water partition coefficient (Wildman–Crippen LogP) is 4.78. The van der Waals surface area contributed by atoms with Crippen molar-refractivity contribution in [1.29, 1.82) is 0 Å². The summed E-state index contributed by atoms with van der Waals surface area (Å²) < 4.78 is 2.45. The highest BCUT2D eigenvalue weighted by atomic mass is 15.1. The van der Waals surface area contributed by atoms with Gasteiger partial charge in [0.05, 0.1) is 16.9 Å². The molecule has 4 rings (SSSR count). The average Bonchev–Trinajstić information content (AvgIpc) is 3.07. The Morgan fingerprint density at radius 3 is 2.53 bits per heavy atom. The van der Waals surface area contributed by atoms with Gasteiger partial charge in [0, 0.05) is 29.4 Å². The van der Waals surface area contributed by atoms with E-state index in [1.807, 2.05) is 0 Å². The van der Waals surface area contributed by atoms with E-state index in [-0.39, 0.29) is 0 Å². The molecule has 0 aliphatic heterocycles. The Balaban J connectivity index is 1.61. The lowest BCUT2D eigenvalue weighted by molar-refractivity contribution is 0.394. The van der Waals surface area contributed by atoms with E-state index in [1.54, 1.807) is 0 Å². The molecule has 0 aliphatic carbocycles. The normalized spacial score (nSPS) is 11.7. The summed E-state index contributed by atoms with van der Waals surface area (Å²) in [5, 5.41) is 6.19. The van der Waals surface area contributed by atoms with Crippen LogP contribution in [0.3, 0.4) is 0 Å². The molecule has 0 unspecified atom stereocenters. The second kappa shape index (κ2) is 9.41. The molecule has 0 saturated heterocycles. The maximum Gasteiger partial charge on any atom is 0.0707 e. The molecule has 0 radical (unpaired) electrons. The summed E-state index contributed by atoms with van der Waals surface area (Å²) in [6.07, 6.45) is 2.16. The van der Waals surface area contributed by atoms with E-state index in [0.29, 0.717) is 0 Å². The fraction of sp³-hybridized carbons (Fsp3) is 0.346. The number of aromatic nitrogens is 2. The molecule has 2 heterocycles. The van der Waals surface area contributed by atoms with Crippen molar-refractivity contribution in [3.8, 4) is 0 Å². The number of aryl methyl sites for hydroxylation is 3. The van der Waals surface area contributed by atoms with Gasteiger partial charge in [0.25, 0.3) is 0 Å². The quantitative estimate of drug-likeness (QED) is 0.410. The first-order valence-electron chi connectivity index (χ1n) is 10.9. The summed E-state index contributed by atoms with van der Waals surface area (Å²) in [5.74, 6) is 0. The van der Waals surface area contributed by atoms with Crippen LogP contribution in [0.15, 0.2) is 60.7 Å². The van der Waals surface area contributed by atoms with Crippen LogP contribution in [0, 0.1) is 6.92 Å². The summed E-state index contributed by atoms with van der Waals surface area (Å²) >= 11 is 0. The number of fused-ring (bicyclic) bond motifs is 3. The standard InChI is InChI=1S/C26H32N4/c1-20-26-24(18-22(28-20)19-27-15-9-16-29(2)3)23-12-7-8-13-25(23)30(26)17-14-21-10-5-4-6-11-21/h4-8,10-13,18,27H,9,14-17,19H2,1-3H3. The lowest BCUT2D eigenvalue weighted by atomic mass is 10.1. The number of nitrogens with zero attached hydrogens (tertiary/aromatic N) is 3. The molecule has 2 aromatic carbocycles. The van der Waals surface area contributed by atoms with Crippen molar-refractivity contribution in [2.24, 2.45) is 0 Å². The van der Waals surface area contributed by atoms with Gasteiger partial charge < -0.3 is 14.8 Å². The molecule has 0 aliphatic rings. The van der Waals surface area contributed by atoms with Crippen LogP contribution < -0.4 is 5.32 Å². The van der Waals surface area contributed by atoms with Gasteiger partial charge in [-0.1, -0.05) is 48.5 Å². The first-order chi connectivity index (χ1) is 14.6. The number of hydrogen-bond donors (Lipinski definition) is 1. The summed E-state index contributed by atoms with van der Waals surface area (Å²) in [4.78, 5) is 7.17. The Morgan fingerprint density at radius 1 is 0.967 bits per heavy atom. The minimum Gasteiger partial charge on any atom is -0.339 e. The fourth-order valence-corrected chi connectivity index (χ4v) is 4.28. The van der Waals surface area contributed by atoms with Gasteiger partial charge in [-0.05, 0) is 64.6 Å². The molecule has 0 amide bonds. The number of para-hydroxylation sites is 1. The molecule has 4 nitrogen and oxygen atoms in total. The molecule has 30 heavy (non-hydrogen) atoms. The molecular weight excluding hydrogens is 368 g/mol. The van der Waals surface area contributed by atoms with Crippen LogP contribution in [0.2, 0.25) is 0 Å². The summed E-state index contributed by atoms with van der Waals surface area (Å²) in [5.41, 5.74) is 6.16. The molecule has 4 aromatic rings. The van der Waals surface area contributed by atoms with Crippen LogP contribution >= 0.6 is 0 Å². The summed E-state index contributed by atoms with van der Waals surface area (Å²) in [6.45, 7) is 6.03. The highest BCUT2D eigenvalue weighted by molar-refractivity contribution is 6.08. The average molecular weight is 401 g/mol. The van der Waals surface area contributed by atoms with Crippen molar-refractivity contribution in [1.82, 2.24) is 19.8 Å². The molecule has 0 fully saturated rings. The Kier molecular flexibility index (Phi) is 6.46. The SMILES string of the molecule is Cc1nc(CNCCCN(C)C)cc2c3ccccc3n(CCc3ccccc3)c12. The number of hydrogen-bond acceptors (Lipinski definition) is 3. The van der Waals surface area contributed by atoms with E-state index in [1.165, 1.54) is 27.4 Å². The molecule has 4 heteroatoms. The van der Waals surface area contributed by atoms with E-state index in [9.17, 15) is 0 Å². The molecule has 2 aromatic heterocycles. The van der Waals surface area contributed by atoms with Crippen molar-refractivity contribution < 1.29 is 0 Å². The Hall–Kier alpha value is -2.69. The van der Waals surface area contributed by atoms with Crippen LogP contribution in [0.4, 0.5) is 0 Å². The molecule has 0 saturated carbocycles. The molecule has 156 valence electrons. The zero-order valence-corrected chi connectivity index (χ0v) is 18.4. The van der Waals surface area contributed by atoms with Gasteiger partial charge >= 0.3 is 0 Å². The molecule has 1 N–H and O–H groups in total. The van der Waals surface area contributed by atoms with Gasteiger partial charge in [0.2, 0.25) is 0 Å². The first kappa shape index (κ1) is 20.6. The van der Waals surface area contributed by atoms with Crippen molar-refractivity contribution in [3.05, 3.63) is 77.6 Å². The maximum atomic E-state index is 4.95. The van der Waals surface area contributed by atoms with Crippen molar-refractivity contribution in [3.63, 3.8) is 0 Å². The Labute approximate surface area is 179 Å². The topological polar surface area (TPSA) is 33.1 Å². The highest BCUT2D eigenvalue weighted by Crippen LogP contribution is 2.31. The monoisotopic (exact) mass is 400 g/mol. The lowest BCUT2D eigenvalue weighted by Gasteiger charge is -2.11. The van der Waals surface area contributed by atoms with Gasteiger partial charge in [-0.2, -0.15) is 0 Å².